The maximum absolute atomic E-state index is 13.5. The molecule has 2 fully saturated rings. The topological polar surface area (TPSA) is 114 Å². The largest absolute Gasteiger partial charge is 0.469 e. The molecule has 1 aliphatic carbocycles. The first-order valence-corrected chi connectivity index (χ1v) is 15.4. The van der Waals surface area contributed by atoms with Crippen LogP contribution in [-0.2, 0) is 4.79 Å². The number of carbonyl (C=O) groups excluding carboxylic acids is 2. The van der Waals surface area contributed by atoms with Crippen LogP contribution in [-0.4, -0.2) is 56.7 Å². The number of pyridine rings is 2. The van der Waals surface area contributed by atoms with Gasteiger partial charge >= 0.3 is 0 Å². The quantitative estimate of drug-likeness (QED) is 0.404. The Kier molecular flexibility index (Phi) is 7.88. The van der Waals surface area contributed by atoms with Gasteiger partial charge < -0.3 is 15.0 Å². The molecule has 3 aromatic heterocycles. The monoisotopic (exact) mass is 575 g/mol. The number of fused-ring (bicyclic) bond motifs is 6. The highest BCUT2D eigenvalue weighted by atomic mass is 32.2. The van der Waals surface area contributed by atoms with Crippen molar-refractivity contribution in [2.24, 2.45) is 11.8 Å². The van der Waals surface area contributed by atoms with Crippen LogP contribution in [0.1, 0.15) is 69.2 Å². The van der Waals surface area contributed by atoms with Gasteiger partial charge in [0.25, 0.3) is 5.91 Å². The van der Waals surface area contributed by atoms with Gasteiger partial charge in [-0.3, -0.25) is 14.3 Å². The SMILES string of the molecule is CC1(C)C[C@@H]2CCCNc3cccc(n3)SNC(=O)c3ccc(-n4ccc(OCC(=O)C5CCCC5)n4)nc3N1C2. The number of carbonyl (C=O) groups is 2. The molecule has 0 radical (unpaired) electrons. The Hall–Kier alpha value is -3.60. The highest BCUT2D eigenvalue weighted by Crippen LogP contribution is 2.40. The number of Topliss-reactive ketones (excluding diaryl/α,β-unsaturated/α-hetero) is 1. The fourth-order valence-corrected chi connectivity index (χ4v) is 6.85. The zero-order valence-electron chi connectivity index (χ0n) is 23.6. The summed E-state index contributed by atoms with van der Waals surface area (Å²) in [5.41, 5.74) is 0.332. The maximum atomic E-state index is 13.5. The standard InChI is InChI=1S/C30H37N7O3S/c1-30(2)17-20-7-6-15-31-24-10-5-11-27(32-24)41-35-29(39)22-12-13-25(33-28(22)36(30)18-20)37-16-14-26(34-37)40-19-23(38)21-8-3-4-9-21/h5,10-14,16,20-21H,3-4,6-9,15,17-19H2,1-2H3,(H,31,32)(H,35,39)/t20-/m0/s1. The lowest BCUT2D eigenvalue weighted by molar-refractivity contribution is -0.124. The molecule has 1 atom stereocenters. The highest BCUT2D eigenvalue weighted by Gasteiger charge is 2.40. The molecule has 5 heterocycles. The van der Waals surface area contributed by atoms with Crippen molar-refractivity contribution in [3.63, 3.8) is 0 Å². The number of rotatable bonds is 5. The van der Waals surface area contributed by atoms with Gasteiger partial charge in [0.15, 0.2) is 11.6 Å². The van der Waals surface area contributed by atoms with Crippen molar-refractivity contribution >= 4 is 35.3 Å². The summed E-state index contributed by atoms with van der Waals surface area (Å²) in [5, 5.41) is 8.66. The molecule has 216 valence electrons. The third-order valence-corrected chi connectivity index (χ3v) is 9.08. The molecule has 1 amide bonds. The molecule has 11 heteroatoms. The molecule has 2 aliphatic heterocycles. The van der Waals surface area contributed by atoms with Crippen LogP contribution in [0.5, 0.6) is 5.88 Å². The van der Waals surface area contributed by atoms with Crippen molar-refractivity contribution in [1.82, 2.24) is 24.5 Å². The minimum absolute atomic E-state index is 0.0355. The molecule has 0 aromatic carbocycles. The third kappa shape index (κ3) is 6.19. The van der Waals surface area contributed by atoms with Crippen LogP contribution in [0.2, 0.25) is 0 Å². The van der Waals surface area contributed by atoms with Gasteiger partial charge in [0.2, 0.25) is 5.88 Å². The van der Waals surface area contributed by atoms with Gasteiger partial charge in [0, 0.05) is 48.8 Å². The van der Waals surface area contributed by atoms with E-state index in [1.807, 2.05) is 24.3 Å². The predicted molar refractivity (Wildman–Crippen MR) is 159 cm³/mol. The zero-order chi connectivity index (χ0) is 28.4. The molecular weight excluding hydrogens is 538 g/mol. The number of ketones is 1. The van der Waals surface area contributed by atoms with E-state index in [1.165, 1.54) is 11.9 Å². The molecule has 6 rings (SSSR count). The van der Waals surface area contributed by atoms with Gasteiger partial charge in [-0.1, -0.05) is 18.9 Å². The Morgan fingerprint density at radius 1 is 1.10 bits per heavy atom. The van der Waals surface area contributed by atoms with Crippen LogP contribution >= 0.6 is 11.9 Å². The first kappa shape index (κ1) is 27.6. The average molecular weight is 576 g/mol. The summed E-state index contributed by atoms with van der Waals surface area (Å²) in [6.07, 6.45) is 9.02. The second-order valence-electron chi connectivity index (χ2n) is 11.8. The highest BCUT2D eigenvalue weighted by molar-refractivity contribution is 7.97. The Balaban J connectivity index is 1.27. The van der Waals surface area contributed by atoms with E-state index in [-0.39, 0.29) is 29.8 Å². The van der Waals surface area contributed by atoms with Gasteiger partial charge in [0.05, 0.1) is 5.56 Å². The molecule has 0 spiro atoms. The van der Waals surface area contributed by atoms with Gasteiger partial charge in [-0.05, 0) is 76.1 Å². The van der Waals surface area contributed by atoms with Crippen LogP contribution in [0.3, 0.4) is 0 Å². The Bertz CT molecular complexity index is 1420. The Morgan fingerprint density at radius 2 is 1.95 bits per heavy atom. The normalized spacial score (nSPS) is 20.9. The third-order valence-electron chi connectivity index (χ3n) is 8.36. The molecule has 1 saturated heterocycles. The molecule has 1 saturated carbocycles. The number of nitrogens with one attached hydrogen (secondary N) is 2. The summed E-state index contributed by atoms with van der Waals surface area (Å²) in [6, 6.07) is 11.1. The smallest absolute Gasteiger partial charge is 0.265 e. The van der Waals surface area contributed by atoms with Crippen molar-refractivity contribution < 1.29 is 14.3 Å². The van der Waals surface area contributed by atoms with Gasteiger partial charge in [-0.2, -0.15) is 0 Å². The lowest BCUT2D eigenvalue weighted by atomic mass is 9.93. The van der Waals surface area contributed by atoms with E-state index < -0.39 is 0 Å². The number of nitrogens with zero attached hydrogens (tertiary/aromatic N) is 5. The van der Waals surface area contributed by atoms with Crippen LogP contribution < -0.4 is 19.7 Å². The number of anilines is 2. The van der Waals surface area contributed by atoms with E-state index in [0.717, 1.165) is 63.9 Å². The summed E-state index contributed by atoms with van der Waals surface area (Å²) >= 11 is 1.19. The lowest BCUT2D eigenvalue weighted by Crippen LogP contribution is -2.40. The Morgan fingerprint density at radius 3 is 2.80 bits per heavy atom. The first-order valence-electron chi connectivity index (χ1n) is 14.5. The number of hydrogen-bond donors (Lipinski definition) is 2. The van der Waals surface area contributed by atoms with Crippen LogP contribution in [0, 0.1) is 11.8 Å². The minimum Gasteiger partial charge on any atom is -0.469 e. The maximum Gasteiger partial charge on any atom is 0.265 e. The van der Waals surface area contributed by atoms with E-state index in [4.69, 9.17) is 9.72 Å². The van der Waals surface area contributed by atoms with E-state index in [0.29, 0.717) is 34.0 Å². The first-order chi connectivity index (χ1) is 19.9. The van der Waals surface area contributed by atoms with Crippen molar-refractivity contribution in [1.29, 1.82) is 0 Å². The summed E-state index contributed by atoms with van der Waals surface area (Å²) in [5.74, 6) is 2.92. The summed E-state index contributed by atoms with van der Waals surface area (Å²) < 4.78 is 10.3. The fourth-order valence-electron chi connectivity index (χ4n) is 6.26. The molecule has 0 unspecified atom stereocenters. The van der Waals surface area contributed by atoms with E-state index in [1.54, 1.807) is 23.0 Å². The Labute approximate surface area is 244 Å². The second kappa shape index (κ2) is 11.7. The number of hydrogen-bond acceptors (Lipinski definition) is 9. The molecule has 3 aliphatic rings. The van der Waals surface area contributed by atoms with Crippen LogP contribution in [0.4, 0.5) is 11.6 Å². The second-order valence-corrected chi connectivity index (χ2v) is 12.7. The molecule has 2 N–H and O–H groups in total. The number of aromatic nitrogens is 4. The minimum atomic E-state index is -0.228. The van der Waals surface area contributed by atoms with Gasteiger partial charge in [-0.15, -0.1) is 5.10 Å². The average Bonchev–Trinajstić information content (AvgIpc) is 3.73. The van der Waals surface area contributed by atoms with E-state index in [9.17, 15) is 9.59 Å². The number of amides is 1. The van der Waals surface area contributed by atoms with Gasteiger partial charge in [0.1, 0.15) is 23.3 Å². The number of ether oxygens (including phenoxy) is 1. The zero-order valence-corrected chi connectivity index (χ0v) is 24.5. The summed E-state index contributed by atoms with van der Waals surface area (Å²) in [6.45, 7) is 6.14. The fraction of sp³-hybridized carbons (Fsp3) is 0.500. The van der Waals surface area contributed by atoms with Crippen molar-refractivity contribution in [2.45, 2.75) is 69.4 Å². The molecule has 10 nitrogen and oxygen atoms in total. The molecular formula is C30H37N7O3S. The molecule has 41 heavy (non-hydrogen) atoms. The summed E-state index contributed by atoms with van der Waals surface area (Å²) in [7, 11) is 0. The van der Waals surface area contributed by atoms with Crippen LogP contribution in [0.25, 0.3) is 5.82 Å². The predicted octanol–water partition coefficient (Wildman–Crippen LogP) is 5.05. The van der Waals surface area contributed by atoms with Crippen LogP contribution in [0.15, 0.2) is 47.6 Å². The molecule has 3 aromatic rings. The van der Waals surface area contributed by atoms with Crippen molar-refractivity contribution in [3.8, 4) is 11.7 Å². The van der Waals surface area contributed by atoms with E-state index in [2.05, 4.69) is 38.9 Å². The van der Waals surface area contributed by atoms with Gasteiger partial charge in [-0.25, -0.2) is 14.6 Å². The van der Waals surface area contributed by atoms with E-state index >= 15 is 0 Å². The lowest BCUT2D eigenvalue weighted by Gasteiger charge is -2.34. The summed E-state index contributed by atoms with van der Waals surface area (Å²) in [4.78, 5) is 37.9. The molecule has 4 bridgehead atoms. The van der Waals surface area contributed by atoms with Crippen molar-refractivity contribution in [2.75, 3.05) is 29.9 Å². The van der Waals surface area contributed by atoms with Crippen molar-refractivity contribution in [3.05, 3.63) is 48.2 Å².